The van der Waals surface area contributed by atoms with Crippen molar-refractivity contribution in [3.05, 3.63) is 33.9 Å². The van der Waals surface area contributed by atoms with E-state index in [1.807, 2.05) is 6.07 Å². The minimum Gasteiger partial charge on any atom is -0.377 e. The van der Waals surface area contributed by atoms with Crippen LogP contribution in [0.5, 0.6) is 0 Å². The highest BCUT2D eigenvalue weighted by molar-refractivity contribution is 5.65. The van der Waals surface area contributed by atoms with Gasteiger partial charge in [0.1, 0.15) is 5.69 Å². The second-order valence-electron chi connectivity index (χ2n) is 4.95. The average molecular weight is 234 g/mol. The fraction of sp³-hybridized carbons (Fsp3) is 0.538. The lowest BCUT2D eigenvalue weighted by atomic mass is 10.1. The van der Waals surface area contributed by atoms with E-state index in [-0.39, 0.29) is 10.6 Å². The molecule has 1 aliphatic rings. The van der Waals surface area contributed by atoms with Crippen molar-refractivity contribution in [2.45, 2.75) is 39.2 Å². The minimum absolute atomic E-state index is 0.204. The number of nitro benzene ring substituents is 1. The van der Waals surface area contributed by atoms with Gasteiger partial charge in [-0.25, -0.2) is 0 Å². The molecule has 0 saturated heterocycles. The van der Waals surface area contributed by atoms with Crippen LogP contribution in [-0.2, 0) is 0 Å². The average Bonchev–Trinajstić information content (AvgIpc) is 3.00. The van der Waals surface area contributed by atoms with E-state index in [0.717, 1.165) is 12.3 Å². The molecule has 1 aromatic rings. The van der Waals surface area contributed by atoms with Crippen LogP contribution in [-0.4, -0.2) is 11.0 Å². The number of benzene rings is 1. The van der Waals surface area contributed by atoms with Crippen LogP contribution >= 0.6 is 0 Å². The van der Waals surface area contributed by atoms with Gasteiger partial charge in [0.15, 0.2) is 0 Å². The van der Waals surface area contributed by atoms with Gasteiger partial charge in [-0.05, 0) is 32.3 Å². The summed E-state index contributed by atoms with van der Waals surface area (Å²) >= 11 is 0. The maximum absolute atomic E-state index is 11.0. The molecule has 1 saturated carbocycles. The molecule has 1 aliphatic carbocycles. The van der Waals surface area contributed by atoms with Crippen molar-refractivity contribution in [1.82, 2.24) is 0 Å². The lowest BCUT2D eigenvalue weighted by Crippen LogP contribution is -2.16. The van der Waals surface area contributed by atoms with Gasteiger partial charge in [-0.15, -0.1) is 0 Å². The minimum atomic E-state index is -0.304. The molecular weight excluding hydrogens is 216 g/mol. The van der Waals surface area contributed by atoms with Crippen LogP contribution in [0.2, 0.25) is 0 Å². The molecule has 0 aliphatic heterocycles. The largest absolute Gasteiger partial charge is 0.377 e. The molecule has 4 heteroatoms. The van der Waals surface area contributed by atoms with E-state index in [1.165, 1.54) is 12.8 Å². The Morgan fingerprint density at radius 1 is 1.53 bits per heavy atom. The smallest absolute Gasteiger partial charge is 0.295 e. The number of para-hydroxylation sites is 1. The Morgan fingerprint density at radius 2 is 2.24 bits per heavy atom. The first kappa shape index (κ1) is 11.9. The third kappa shape index (κ3) is 2.96. The topological polar surface area (TPSA) is 55.2 Å². The molecule has 1 atom stereocenters. The summed E-state index contributed by atoms with van der Waals surface area (Å²) in [7, 11) is 0. The lowest BCUT2D eigenvalue weighted by Gasteiger charge is -2.15. The van der Waals surface area contributed by atoms with Crippen molar-refractivity contribution in [2.24, 2.45) is 5.92 Å². The Kier molecular flexibility index (Phi) is 3.31. The molecule has 1 fully saturated rings. The molecule has 0 radical (unpaired) electrons. The van der Waals surface area contributed by atoms with Crippen LogP contribution in [0, 0.1) is 23.0 Å². The van der Waals surface area contributed by atoms with Crippen LogP contribution < -0.4 is 5.32 Å². The van der Waals surface area contributed by atoms with Gasteiger partial charge in [0.05, 0.1) is 4.92 Å². The number of anilines is 1. The Labute approximate surface area is 101 Å². The van der Waals surface area contributed by atoms with E-state index in [1.54, 1.807) is 19.1 Å². The number of nitro groups is 1. The van der Waals surface area contributed by atoms with Crippen molar-refractivity contribution in [3.8, 4) is 0 Å². The fourth-order valence-electron chi connectivity index (χ4n) is 2.20. The lowest BCUT2D eigenvalue weighted by molar-refractivity contribution is -0.384. The van der Waals surface area contributed by atoms with Crippen molar-refractivity contribution in [3.63, 3.8) is 0 Å². The van der Waals surface area contributed by atoms with Crippen molar-refractivity contribution in [1.29, 1.82) is 0 Å². The van der Waals surface area contributed by atoms with E-state index < -0.39 is 0 Å². The van der Waals surface area contributed by atoms with E-state index in [0.29, 0.717) is 17.3 Å². The first-order valence-corrected chi connectivity index (χ1v) is 6.08. The quantitative estimate of drug-likeness (QED) is 0.626. The molecule has 0 bridgehead atoms. The van der Waals surface area contributed by atoms with Gasteiger partial charge in [-0.2, -0.15) is 0 Å². The molecule has 92 valence electrons. The van der Waals surface area contributed by atoms with E-state index in [9.17, 15) is 10.1 Å². The zero-order valence-electron chi connectivity index (χ0n) is 10.3. The highest BCUT2D eigenvalue weighted by Gasteiger charge is 2.25. The summed E-state index contributed by atoms with van der Waals surface area (Å²) in [5.41, 5.74) is 1.55. The Bertz CT molecular complexity index is 427. The second-order valence-corrected chi connectivity index (χ2v) is 4.95. The monoisotopic (exact) mass is 234 g/mol. The third-order valence-corrected chi connectivity index (χ3v) is 3.21. The number of hydrogen-bond donors (Lipinski definition) is 1. The predicted molar refractivity (Wildman–Crippen MR) is 68.3 cm³/mol. The Balaban J connectivity index is 2.13. The molecule has 2 rings (SSSR count). The van der Waals surface area contributed by atoms with Gasteiger partial charge in [0.25, 0.3) is 5.69 Å². The summed E-state index contributed by atoms with van der Waals surface area (Å²) in [4.78, 5) is 10.7. The Hall–Kier alpha value is -1.58. The van der Waals surface area contributed by atoms with Crippen LogP contribution in [0.3, 0.4) is 0 Å². The van der Waals surface area contributed by atoms with Gasteiger partial charge in [0, 0.05) is 11.6 Å². The summed E-state index contributed by atoms with van der Waals surface area (Å²) in [5.74, 6) is 0.821. The van der Waals surface area contributed by atoms with Gasteiger partial charge < -0.3 is 5.32 Å². The van der Waals surface area contributed by atoms with Gasteiger partial charge in [0.2, 0.25) is 0 Å². The third-order valence-electron chi connectivity index (χ3n) is 3.21. The number of nitrogens with zero attached hydrogens (tertiary/aromatic N) is 1. The van der Waals surface area contributed by atoms with E-state index in [2.05, 4.69) is 12.2 Å². The first-order valence-electron chi connectivity index (χ1n) is 6.08. The molecule has 1 aromatic carbocycles. The zero-order valence-corrected chi connectivity index (χ0v) is 10.3. The molecule has 1 N–H and O–H groups in total. The maximum atomic E-state index is 11.0. The van der Waals surface area contributed by atoms with Crippen molar-refractivity contribution < 1.29 is 4.92 Å². The van der Waals surface area contributed by atoms with Gasteiger partial charge in [-0.3, -0.25) is 10.1 Å². The fourth-order valence-corrected chi connectivity index (χ4v) is 2.20. The van der Waals surface area contributed by atoms with Crippen LogP contribution in [0.1, 0.15) is 31.7 Å². The summed E-state index contributed by atoms with van der Waals surface area (Å²) in [6.45, 7) is 3.86. The van der Waals surface area contributed by atoms with Crippen LogP contribution in [0.25, 0.3) is 0 Å². The Morgan fingerprint density at radius 3 is 2.82 bits per heavy atom. The van der Waals surface area contributed by atoms with E-state index >= 15 is 0 Å². The standard InChI is InChI=1S/C13H18N2O2/c1-9-4-3-5-12(13(9)15(16)17)14-10(2)8-11-6-7-11/h3-5,10-11,14H,6-8H2,1-2H3. The van der Waals surface area contributed by atoms with Crippen LogP contribution in [0.15, 0.2) is 18.2 Å². The normalized spacial score (nSPS) is 16.6. The molecule has 4 nitrogen and oxygen atoms in total. The van der Waals surface area contributed by atoms with Crippen molar-refractivity contribution in [2.75, 3.05) is 5.32 Å². The SMILES string of the molecule is Cc1cccc(NC(C)CC2CC2)c1[N+](=O)[O-]. The highest BCUT2D eigenvalue weighted by Crippen LogP contribution is 2.35. The molecular formula is C13H18N2O2. The summed E-state index contributed by atoms with van der Waals surface area (Å²) in [6, 6.07) is 5.71. The first-order chi connectivity index (χ1) is 8.08. The number of aryl methyl sites for hydroxylation is 1. The number of nitrogens with one attached hydrogen (secondary N) is 1. The highest BCUT2D eigenvalue weighted by atomic mass is 16.6. The number of rotatable bonds is 5. The molecule has 0 spiro atoms. The molecule has 1 unspecified atom stereocenters. The number of hydrogen-bond acceptors (Lipinski definition) is 3. The molecule has 0 aromatic heterocycles. The van der Waals surface area contributed by atoms with Crippen molar-refractivity contribution >= 4 is 11.4 Å². The summed E-state index contributed by atoms with van der Waals surface area (Å²) < 4.78 is 0. The molecule has 0 amide bonds. The van der Waals surface area contributed by atoms with E-state index in [4.69, 9.17) is 0 Å². The second kappa shape index (κ2) is 4.73. The zero-order chi connectivity index (χ0) is 12.4. The maximum Gasteiger partial charge on any atom is 0.295 e. The summed E-state index contributed by atoms with van der Waals surface area (Å²) in [5, 5.41) is 14.3. The predicted octanol–water partition coefficient (Wildman–Crippen LogP) is 3.50. The van der Waals surface area contributed by atoms with Gasteiger partial charge >= 0.3 is 0 Å². The van der Waals surface area contributed by atoms with Crippen LogP contribution in [0.4, 0.5) is 11.4 Å². The summed E-state index contributed by atoms with van der Waals surface area (Å²) in [6.07, 6.45) is 3.72. The van der Waals surface area contributed by atoms with Gasteiger partial charge in [-0.1, -0.05) is 25.0 Å². The molecule has 17 heavy (non-hydrogen) atoms. The molecule has 0 heterocycles.